The summed E-state index contributed by atoms with van der Waals surface area (Å²) >= 11 is 0. The van der Waals surface area contributed by atoms with Crippen LogP contribution in [0.5, 0.6) is 0 Å². The van der Waals surface area contributed by atoms with Crippen LogP contribution >= 0.6 is 0 Å². The molecule has 29 heavy (non-hydrogen) atoms. The van der Waals surface area contributed by atoms with Crippen LogP contribution in [-0.2, 0) is 14.3 Å². The van der Waals surface area contributed by atoms with Gasteiger partial charge in [0.2, 0.25) is 0 Å². The highest BCUT2D eigenvalue weighted by Crippen LogP contribution is 2.37. The molecule has 1 saturated heterocycles. The van der Waals surface area contributed by atoms with E-state index in [1.807, 2.05) is 23.1 Å². The first-order chi connectivity index (χ1) is 14.2. The number of nitrogens with zero attached hydrogens (tertiary/aromatic N) is 2. The second-order valence-electron chi connectivity index (χ2n) is 7.87. The Labute approximate surface area is 168 Å². The van der Waals surface area contributed by atoms with Gasteiger partial charge in [-0.2, -0.15) is 0 Å². The van der Waals surface area contributed by atoms with Gasteiger partial charge in [-0.05, 0) is 48.1 Å². The van der Waals surface area contributed by atoms with E-state index in [0.29, 0.717) is 31.1 Å². The van der Waals surface area contributed by atoms with Crippen LogP contribution in [0.2, 0.25) is 0 Å². The number of aromatic amines is 1. The highest BCUT2D eigenvalue weighted by molar-refractivity contribution is 5.81. The van der Waals surface area contributed by atoms with Crippen LogP contribution in [0, 0.1) is 0 Å². The van der Waals surface area contributed by atoms with E-state index >= 15 is 0 Å². The highest BCUT2D eigenvalue weighted by atomic mass is 16.5. The summed E-state index contributed by atoms with van der Waals surface area (Å²) in [7, 11) is 0. The summed E-state index contributed by atoms with van der Waals surface area (Å²) in [6, 6.07) is 14.5. The zero-order valence-electron chi connectivity index (χ0n) is 16.1. The van der Waals surface area contributed by atoms with Crippen LogP contribution in [-0.4, -0.2) is 34.9 Å². The van der Waals surface area contributed by atoms with Crippen molar-refractivity contribution in [2.75, 3.05) is 11.5 Å². The Hall–Kier alpha value is -2.99. The first-order valence-corrected chi connectivity index (χ1v) is 10.1. The SMILES string of the molecule is O=CC1OCC(c2ccc(C3CCC(=O)CC3)cc2)N1c1ccc2[nH]cnc2c1. The second-order valence-corrected chi connectivity index (χ2v) is 7.87. The Balaban J connectivity index is 1.42. The van der Waals surface area contributed by atoms with E-state index in [4.69, 9.17) is 4.74 Å². The maximum atomic E-state index is 11.7. The molecule has 0 bridgehead atoms. The number of carbonyl (C=O) groups excluding carboxylic acids is 2. The first-order valence-electron chi connectivity index (χ1n) is 10.1. The molecule has 5 rings (SSSR count). The highest BCUT2D eigenvalue weighted by Gasteiger charge is 2.35. The molecule has 1 N–H and O–H groups in total. The number of aldehydes is 1. The van der Waals surface area contributed by atoms with Gasteiger partial charge in [0, 0.05) is 18.5 Å². The molecular formula is C23H23N3O3. The fourth-order valence-electron chi connectivity index (χ4n) is 4.56. The molecule has 2 unspecified atom stereocenters. The number of hydrogen-bond acceptors (Lipinski definition) is 5. The van der Waals surface area contributed by atoms with Gasteiger partial charge in [0.25, 0.3) is 0 Å². The van der Waals surface area contributed by atoms with E-state index in [2.05, 4.69) is 34.2 Å². The molecule has 2 heterocycles. The maximum absolute atomic E-state index is 11.7. The van der Waals surface area contributed by atoms with Gasteiger partial charge in [0.15, 0.2) is 12.5 Å². The van der Waals surface area contributed by atoms with Gasteiger partial charge >= 0.3 is 0 Å². The number of ether oxygens (including phenoxy) is 1. The number of carbonyl (C=O) groups is 2. The van der Waals surface area contributed by atoms with Crippen molar-refractivity contribution >= 4 is 28.8 Å². The quantitative estimate of drug-likeness (QED) is 0.685. The van der Waals surface area contributed by atoms with E-state index < -0.39 is 6.23 Å². The molecule has 6 heteroatoms. The Morgan fingerprint density at radius 2 is 1.83 bits per heavy atom. The smallest absolute Gasteiger partial charge is 0.187 e. The lowest BCUT2D eigenvalue weighted by molar-refractivity contribution is -0.120. The molecule has 0 radical (unpaired) electrons. The Morgan fingerprint density at radius 1 is 1.07 bits per heavy atom. The van der Waals surface area contributed by atoms with Crippen molar-refractivity contribution in [3.63, 3.8) is 0 Å². The number of fused-ring (bicyclic) bond motifs is 1. The van der Waals surface area contributed by atoms with E-state index in [0.717, 1.165) is 41.4 Å². The third kappa shape index (κ3) is 3.34. The van der Waals surface area contributed by atoms with Crippen molar-refractivity contribution in [1.82, 2.24) is 9.97 Å². The molecule has 0 amide bonds. The van der Waals surface area contributed by atoms with E-state index in [1.54, 1.807) is 6.33 Å². The monoisotopic (exact) mass is 389 g/mol. The minimum absolute atomic E-state index is 0.0384. The van der Waals surface area contributed by atoms with Crippen molar-refractivity contribution in [3.8, 4) is 0 Å². The number of Topliss-reactive ketones (excluding diaryl/α,β-unsaturated/α-hetero) is 1. The third-order valence-electron chi connectivity index (χ3n) is 6.19. The summed E-state index contributed by atoms with van der Waals surface area (Å²) in [5, 5.41) is 0. The third-order valence-corrected chi connectivity index (χ3v) is 6.19. The number of hydrogen-bond donors (Lipinski definition) is 1. The van der Waals surface area contributed by atoms with E-state index in [9.17, 15) is 9.59 Å². The molecule has 2 fully saturated rings. The minimum Gasteiger partial charge on any atom is -0.349 e. The average molecular weight is 389 g/mol. The molecule has 1 aliphatic heterocycles. The molecule has 2 aromatic carbocycles. The minimum atomic E-state index is -0.611. The van der Waals surface area contributed by atoms with Crippen LogP contribution in [0.15, 0.2) is 48.8 Å². The molecule has 3 aromatic rings. The number of imidazole rings is 1. The Kier molecular flexibility index (Phi) is 4.64. The van der Waals surface area contributed by atoms with Gasteiger partial charge < -0.3 is 14.6 Å². The van der Waals surface area contributed by atoms with Crippen LogP contribution in [0.3, 0.4) is 0 Å². The fourth-order valence-corrected chi connectivity index (χ4v) is 4.56. The number of anilines is 1. The summed E-state index contributed by atoms with van der Waals surface area (Å²) in [6.45, 7) is 0.458. The van der Waals surface area contributed by atoms with Crippen LogP contribution in [0.4, 0.5) is 5.69 Å². The number of rotatable bonds is 4. The van der Waals surface area contributed by atoms with Crippen molar-refractivity contribution < 1.29 is 14.3 Å². The molecule has 1 aromatic heterocycles. The first kappa shape index (κ1) is 18.1. The molecule has 0 spiro atoms. The number of benzene rings is 2. The summed E-state index contributed by atoms with van der Waals surface area (Å²) < 4.78 is 5.78. The molecule has 1 aliphatic carbocycles. The Morgan fingerprint density at radius 3 is 2.59 bits per heavy atom. The summed E-state index contributed by atoms with van der Waals surface area (Å²) in [5.74, 6) is 0.841. The summed E-state index contributed by atoms with van der Waals surface area (Å²) in [4.78, 5) is 32.6. The van der Waals surface area contributed by atoms with Gasteiger partial charge in [-0.25, -0.2) is 4.98 Å². The predicted molar refractivity (Wildman–Crippen MR) is 110 cm³/mol. The average Bonchev–Trinajstić information content (AvgIpc) is 3.40. The lowest BCUT2D eigenvalue weighted by Crippen LogP contribution is -2.33. The van der Waals surface area contributed by atoms with E-state index in [-0.39, 0.29) is 6.04 Å². The molecule has 6 nitrogen and oxygen atoms in total. The predicted octanol–water partition coefficient (Wildman–Crippen LogP) is 3.89. The zero-order chi connectivity index (χ0) is 19.8. The van der Waals surface area contributed by atoms with Gasteiger partial charge in [-0.3, -0.25) is 9.59 Å². The zero-order valence-corrected chi connectivity index (χ0v) is 16.1. The Bertz CT molecular complexity index is 1030. The van der Waals surface area contributed by atoms with Crippen molar-refractivity contribution in [1.29, 1.82) is 0 Å². The lowest BCUT2D eigenvalue weighted by atomic mass is 9.83. The standard InChI is InChI=1S/C23H23N3O3/c27-12-23-26(18-7-10-20-21(11-18)25-14-24-20)22(13-29-23)17-3-1-15(2-4-17)16-5-8-19(28)9-6-16/h1-4,7,10-12,14,16,22-23H,5-6,8-9,13H2,(H,24,25). The molecule has 2 atom stereocenters. The van der Waals surface area contributed by atoms with Gasteiger partial charge in [-0.15, -0.1) is 0 Å². The number of aromatic nitrogens is 2. The van der Waals surface area contributed by atoms with Gasteiger partial charge in [-0.1, -0.05) is 24.3 Å². The number of ketones is 1. The molecular weight excluding hydrogens is 366 g/mol. The van der Waals surface area contributed by atoms with Gasteiger partial charge in [0.05, 0.1) is 30.0 Å². The normalized spacial score (nSPS) is 23.0. The van der Waals surface area contributed by atoms with Crippen molar-refractivity contribution in [2.24, 2.45) is 0 Å². The van der Waals surface area contributed by atoms with Crippen molar-refractivity contribution in [2.45, 2.75) is 43.9 Å². The van der Waals surface area contributed by atoms with Crippen LogP contribution < -0.4 is 4.90 Å². The second kappa shape index (κ2) is 7.44. The van der Waals surface area contributed by atoms with E-state index in [1.165, 1.54) is 5.56 Å². The lowest BCUT2D eigenvalue weighted by Gasteiger charge is -2.28. The summed E-state index contributed by atoms with van der Waals surface area (Å²) in [6.07, 6.45) is 5.16. The molecule has 148 valence electrons. The van der Waals surface area contributed by atoms with Crippen molar-refractivity contribution in [3.05, 3.63) is 59.9 Å². The van der Waals surface area contributed by atoms with Gasteiger partial charge in [0.1, 0.15) is 5.78 Å². The van der Waals surface area contributed by atoms with Crippen LogP contribution in [0.1, 0.15) is 48.8 Å². The van der Waals surface area contributed by atoms with Crippen LogP contribution in [0.25, 0.3) is 11.0 Å². The molecule has 2 aliphatic rings. The maximum Gasteiger partial charge on any atom is 0.187 e. The molecule has 1 saturated carbocycles. The summed E-state index contributed by atoms with van der Waals surface area (Å²) in [5.41, 5.74) is 5.14. The largest absolute Gasteiger partial charge is 0.349 e. The number of H-pyrrole nitrogens is 1. The number of nitrogens with one attached hydrogen (secondary N) is 1. The topological polar surface area (TPSA) is 75.3 Å². The fraction of sp³-hybridized carbons (Fsp3) is 0.348.